The number of hydrogen-bond acceptors (Lipinski definition) is 8. The highest BCUT2D eigenvalue weighted by molar-refractivity contribution is 8.76. The molecule has 4 atom stereocenters. The van der Waals surface area contributed by atoms with Crippen LogP contribution < -0.4 is 0 Å². The Labute approximate surface area is 397 Å². The van der Waals surface area contributed by atoms with Crippen molar-refractivity contribution in [2.24, 2.45) is 0 Å². The molecule has 2 rings (SSSR count). The molecule has 0 N–H and O–H groups in total. The second-order valence-corrected chi connectivity index (χ2v) is 20.0. The molecule has 0 fully saturated rings. The lowest BCUT2D eigenvalue weighted by atomic mass is 10.0. The first-order valence-corrected chi connectivity index (χ1v) is 27.1. The Bertz CT molecular complexity index is 1390. The third-order valence-corrected chi connectivity index (χ3v) is 15.8. The van der Waals surface area contributed by atoms with Crippen molar-refractivity contribution < 1.29 is 9.59 Å². The van der Waals surface area contributed by atoms with Gasteiger partial charge in [0, 0.05) is 44.0 Å². The van der Waals surface area contributed by atoms with Gasteiger partial charge in [0.15, 0.2) is 0 Å². The minimum absolute atomic E-state index is 0.0288. The van der Waals surface area contributed by atoms with Crippen LogP contribution in [0.5, 0.6) is 0 Å². The van der Waals surface area contributed by atoms with E-state index in [1.54, 1.807) is 0 Å². The number of carbonyl (C=O) groups excluding carboxylic acids is 2. The van der Waals surface area contributed by atoms with Gasteiger partial charge in [-0.2, -0.15) is 0 Å². The molecule has 2 amide bonds. The second kappa shape index (κ2) is 31.4. The van der Waals surface area contributed by atoms with Gasteiger partial charge in [-0.3, -0.25) is 9.59 Å². The van der Waals surface area contributed by atoms with Crippen molar-refractivity contribution in [3.63, 3.8) is 0 Å². The molecule has 0 heterocycles. The normalized spacial score (nSPS) is 13.9. The number of rotatable bonds is 33. The highest BCUT2D eigenvalue weighted by atomic mass is 35.5. The van der Waals surface area contributed by atoms with Gasteiger partial charge in [0.25, 0.3) is 11.8 Å². The molecule has 0 aliphatic carbocycles. The maximum atomic E-state index is 14.9. The van der Waals surface area contributed by atoms with E-state index in [-0.39, 0.29) is 36.0 Å². The molecular formula is C50H86Cl2N6O2S2. The van der Waals surface area contributed by atoms with E-state index >= 15 is 0 Å². The number of hydrogen-bond donors (Lipinski definition) is 0. The summed E-state index contributed by atoms with van der Waals surface area (Å²) in [6.07, 6.45) is 7.84. The molecule has 8 nitrogen and oxygen atoms in total. The Kier molecular flexibility index (Phi) is 28.7. The van der Waals surface area contributed by atoms with Crippen LogP contribution in [0.15, 0.2) is 46.2 Å². The van der Waals surface area contributed by atoms with Crippen LogP contribution in [0.1, 0.15) is 155 Å². The van der Waals surface area contributed by atoms with Crippen molar-refractivity contribution in [1.82, 2.24) is 29.4 Å². The molecule has 2 aromatic rings. The largest absolute Gasteiger partial charge is 0.333 e. The molecule has 0 saturated carbocycles. The first-order chi connectivity index (χ1) is 29.7. The predicted octanol–water partition coefficient (Wildman–Crippen LogP) is 12.7. The fourth-order valence-corrected chi connectivity index (χ4v) is 11.5. The third kappa shape index (κ3) is 18.8. The fourth-order valence-electron chi connectivity index (χ4n) is 8.68. The van der Waals surface area contributed by atoms with Gasteiger partial charge in [0.1, 0.15) is 0 Å². The zero-order chi connectivity index (χ0) is 46.2. The maximum Gasteiger partial charge on any atom is 0.255 e. The van der Waals surface area contributed by atoms with Crippen LogP contribution in [0.25, 0.3) is 0 Å². The average molecular weight is 938 g/mol. The second-order valence-electron chi connectivity index (χ2n) is 16.9. The molecule has 0 radical (unpaired) electrons. The Hall–Kier alpha value is -1.50. The van der Waals surface area contributed by atoms with E-state index < -0.39 is 0 Å². The predicted molar refractivity (Wildman–Crippen MR) is 273 cm³/mol. The number of halogens is 2. The zero-order valence-electron chi connectivity index (χ0n) is 41.0. The van der Waals surface area contributed by atoms with Gasteiger partial charge in [0.2, 0.25) is 0 Å². The first-order valence-electron chi connectivity index (χ1n) is 24.2. The summed E-state index contributed by atoms with van der Waals surface area (Å²) in [6.45, 7) is 38.9. The topological polar surface area (TPSA) is 53.6 Å². The van der Waals surface area contributed by atoms with Crippen LogP contribution in [-0.2, 0) is 0 Å². The lowest BCUT2D eigenvalue weighted by Gasteiger charge is -2.36. The molecule has 0 saturated heterocycles. The summed E-state index contributed by atoms with van der Waals surface area (Å²) in [7, 11) is 2.97. The summed E-state index contributed by atoms with van der Waals surface area (Å²) in [5.74, 6) is 0.0576. The summed E-state index contributed by atoms with van der Waals surface area (Å²) in [6, 6.07) is 11.5. The van der Waals surface area contributed by atoms with Gasteiger partial charge < -0.3 is 29.4 Å². The van der Waals surface area contributed by atoms with E-state index in [0.717, 1.165) is 140 Å². The molecule has 0 aromatic heterocycles. The van der Waals surface area contributed by atoms with E-state index in [9.17, 15) is 9.59 Å². The van der Waals surface area contributed by atoms with E-state index in [4.69, 9.17) is 23.2 Å². The third-order valence-electron chi connectivity index (χ3n) is 12.9. The number of nitrogens with zero attached hydrogens (tertiary/aromatic N) is 6. The van der Waals surface area contributed by atoms with Crippen LogP contribution >= 0.6 is 44.8 Å². The molecule has 0 bridgehead atoms. The molecule has 12 heteroatoms. The quantitative estimate of drug-likeness (QED) is 0.0656. The lowest BCUT2D eigenvalue weighted by Crippen LogP contribution is -2.45. The van der Waals surface area contributed by atoms with Crippen molar-refractivity contribution >= 4 is 56.6 Å². The minimum Gasteiger partial charge on any atom is -0.333 e. The maximum absolute atomic E-state index is 14.9. The van der Waals surface area contributed by atoms with Crippen LogP contribution in [0.2, 0.25) is 10.0 Å². The summed E-state index contributed by atoms with van der Waals surface area (Å²) in [5.41, 5.74) is 1.27. The monoisotopic (exact) mass is 937 g/mol. The Morgan fingerprint density at radius 1 is 0.452 bits per heavy atom. The molecule has 0 aliphatic rings. The van der Waals surface area contributed by atoms with Crippen molar-refractivity contribution in [3.8, 4) is 0 Å². The molecule has 0 spiro atoms. The van der Waals surface area contributed by atoms with E-state index in [1.165, 1.54) is 21.6 Å². The Balaban J connectivity index is 2.49. The van der Waals surface area contributed by atoms with Crippen molar-refractivity contribution in [2.45, 2.75) is 168 Å². The Morgan fingerprint density at radius 2 is 0.694 bits per heavy atom. The van der Waals surface area contributed by atoms with Crippen molar-refractivity contribution in [3.05, 3.63) is 57.6 Å². The summed E-state index contributed by atoms with van der Waals surface area (Å²) >= 11 is 13.4. The van der Waals surface area contributed by atoms with Crippen LogP contribution in [0.3, 0.4) is 0 Å². The summed E-state index contributed by atoms with van der Waals surface area (Å²) < 4.78 is 0. The molecule has 4 unspecified atom stereocenters. The molecular weight excluding hydrogens is 852 g/mol. The van der Waals surface area contributed by atoms with Gasteiger partial charge in [-0.1, -0.05) is 100 Å². The number of amides is 2. The number of carbonyl (C=O) groups is 2. The van der Waals surface area contributed by atoms with Gasteiger partial charge in [-0.25, -0.2) is 0 Å². The number of benzene rings is 2. The van der Waals surface area contributed by atoms with Gasteiger partial charge in [-0.15, -0.1) is 0 Å². The summed E-state index contributed by atoms with van der Waals surface area (Å²) in [5, 5.41) is 1.14. The van der Waals surface area contributed by atoms with Crippen molar-refractivity contribution in [1.29, 1.82) is 0 Å². The molecule has 2 aromatic carbocycles. The van der Waals surface area contributed by atoms with E-state index in [1.807, 2.05) is 36.4 Å². The van der Waals surface area contributed by atoms with E-state index in [2.05, 4.69) is 112 Å². The molecule has 0 aliphatic heterocycles. The minimum atomic E-state index is 0.0288. The highest BCUT2D eigenvalue weighted by Gasteiger charge is 2.31. The van der Waals surface area contributed by atoms with Crippen LogP contribution in [-0.4, -0.2) is 144 Å². The van der Waals surface area contributed by atoms with Gasteiger partial charge in [0.05, 0.1) is 11.1 Å². The molecule has 354 valence electrons. The smallest absolute Gasteiger partial charge is 0.255 e. The lowest BCUT2D eigenvalue weighted by molar-refractivity contribution is 0.0563. The van der Waals surface area contributed by atoms with Crippen molar-refractivity contribution in [2.75, 3.05) is 78.5 Å². The Morgan fingerprint density at radius 3 is 0.919 bits per heavy atom. The van der Waals surface area contributed by atoms with E-state index in [0.29, 0.717) is 21.2 Å². The fraction of sp³-hybridized carbons (Fsp3) is 0.720. The highest BCUT2D eigenvalue weighted by Crippen LogP contribution is 2.43. The van der Waals surface area contributed by atoms with Gasteiger partial charge in [-0.05, 0) is 194 Å². The van der Waals surface area contributed by atoms with Crippen LogP contribution in [0, 0.1) is 0 Å². The molecule has 62 heavy (non-hydrogen) atoms. The first kappa shape index (κ1) is 56.6. The standard InChI is InChI=1S/C50H86Cl2N6O2S2/c1-13-53(14-2)33-21-25-39(9)57(40(10)26-22-34-54(15-3)16-4)49(59)45-31-29-43(51)37-47(45)61-62-48-38-44(52)30-32-46(48)50(60)58(41(11)27-23-35-55(17-5)18-6)42(12)28-24-36-56(19-7)20-8/h29-32,37-42H,13-28,33-36H2,1-12H3. The SMILES string of the molecule is CCN(CC)CCCC(C)N(C(=O)c1ccc(Cl)cc1SSc1cc(Cl)ccc1C(=O)N(C(C)CCCN(CC)CC)C(C)CCCN(CC)CC)C(C)CCCN(CC)CC. The van der Waals surface area contributed by atoms with Crippen LogP contribution in [0.4, 0.5) is 0 Å². The summed E-state index contributed by atoms with van der Waals surface area (Å²) in [4.78, 5) is 45.5. The zero-order valence-corrected chi connectivity index (χ0v) is 44.1. The van der Waals surface area contributed by atoms with Gasteiger partial charge >= 0.3 is 0 Å². The average Bonchev–Trinajstić information content (AvgIpc) is 3.26.